The normalized spacial score (nSPS) is 18.7. The van der Waals surface area contributed by atoms with Gasteiger partial charge in [0.2, 0.25) is 0 Å². The third-order valence-electron chi connectivity index (χ3n) is 4.55. The fraction of sp³-hybridized carbons (Fsp3) is 0.474. The first-order valence-corrected chi connectivity index (χ1v) is 8.52. The van der Waals surface area contributed by atoms with Crippen molar-refractivity contribution in [3.63, 3.8) is 0 Å². The van der Waals surface area contributed by atoms with Gasteiger partial charge in [-0.3, -0.25) is 14.5 Å². The van der Waals surface area contributed by atoms with E-state index in [0.29, 0.717) is 29.7 Å². The Labute approximate surface area is 141 Å². The van der Waals surface area contributed by atoms with E-state index in [-0.39, 0.29) is 17.4 Å². The van der Waals surface area contributed by atoms with Crippen LogP contribution in [0.2, 0.25) is 0 Å². The highest BCUT2D eigenvalue weighted by Gasteiger charge is 2.30. The maximum Gasteiger partial charge on any atom is 0.323 e. The van der Waals surface area contributed by atoms with E-state index in [9.17, 15) is 9.59 Å². The predicted octanol–water partition coefficient (Wildman–Crippen LogP) is 3.02. The van der Waals surface area contributed by atoms with Crippen molar-refractivity contribution in [3.8, 4) is 0 Å². The van der Waals surface area contributed by atoms with Crippen LogP contribution in [0.25, 0.3) is 11.0 Å². The van der Waals surface area contributed by atoms with Gasteiger partial charge in [0.15, 0.2) is 5.43 Å². The van der Waals surface area contributed by atoms with E-state index >= 15 is 0 Å². The van der Waals surface area contributed by atoms with E-state index in [2.05, 4.69) is 0 Å². The molecule has 5 nitrogen and oxygen atoms in total. The largest absolute Gasteiger partial charge is 0.465 e. The highest BCUT2D eigenvalue weighted by molar-refractivity contribution is 5.78. The molecule has 2 aromatic rings. The molecule has 1 atom stereocenters. The van der Waals surface area contributed by atoms with Gasteiger partial charge in [-0.2, -0.15) is 0 Å². The molecule has 0 radical (unpaired) electrons. The first-order valence-electron chi connectivity index (χ1n) is 8.52. The number of aryl methyl sites for hydroxylation is 1. The van der Waals surface area contributed by atoms with Gasteiger partial charge in [-0.05, 0) is 45.4 Å². The fourth-order valence-electron chi connectivity index (χ4n) is 3.30. The van der Waals surface area contributed by atoms with Crippen LogP contribution in [0.4, 0.5) is 0 Å². The van der Waals surface area contributed by atoms with Gasteiger partial charge in [0.25, 0.3) is 0 Å². The third-order valence-corrected chi connectivity index (χ3v) is 4.55. The molecule has 1 saturated heterocycles. The number of nitrogens with zero attached hydrogens (tertiary/aromatic N) is 1. The monoisotopic (exact) mass is 329 g/mol. The summed E-state index contributed by atoms with van der Waals surface area (Å²) >= 11 is 0. The van der Waals surface area contributed by atoms with Crippen LogP contribution in [0.5, 0.6) is 0 Å². The number of ether oxygens (including phenoxy) is 1. The molecule has 1 aliphatic heterocycles. The van der Waals surface area contributed by atoms with Crippen LogP contribution in [0.15, 0.2) is 33.7 Å². The van der Waals surface area contributed by atoms with Crippen molar-refractivity contribution in [1.29, 1.82) is 0 Å². The number of rotatable bonds is 4. The van der Waals surface area contributed by atoms with Gasteiger partial charge in [-0.15, -0.1) is 0 Å². The Morgan fingerprint density at radius 3 is 3.00 bits per heavy atom. The van der Waals surface area contributed by atoms with Crippen LogP contribution in [-0.4, -0.2) is 30.1 Å². The molecule has 0 spiro atoms. The first-order chi connectivity index (χ1) is 11.6. The van der Waals surface area contributed by atoms with E-state index in [1.54, 1.807) is 0 Å². The number of fused-ring (bicyclic) bond motifs is 1. The summed E-state index contributed by atoms with van der Waals surface area (Å²) in [6.45, 7) is 5.34. The maximum absolute atomic E-state index is 12.8. The number of piperidine rings is 1. The minimum absolute atomic E-state index is 0.0202. The molecule has 3 rings (SSSR count). The molecule has 0 aliphatic carbocycles. The van der Waals surface area contributed by atoms with Crippen LogP contribution in [0.1, 0.15) is 37.3 Å². The molecular weight excluding hydrogens is 306 g/mol. The van der Waals surface area contributed by atoms with E-state index in [4.69, 9.17) is 9.15 Å². The number of hydrogen-bond donors (Lipinski definition) is 0. The van der Waals surface area contributed by atoms with Crippen LogP contribution >= 0.6 is 0 Å². The number of carbonyl (C=O) groups is 1. The smallest absolute Gasteiger partial charge is 0.323 e. The lowest BCUT2D eigenvalue weighted by Gasteiger charge is -2.33. The van der Waals surface area contributed by atoms with E-state index in [1.165, 1.54) is 6.26 Å². The molecule has 128 valence electrons. The van der Waals surface area contributed by atoms with Crippen LogP contribution in [0.3, 0.4) is 0 Å². The number of esters is 1. The molecule has 0 bridgehead atoms. The van der Waals surface area contributed by atoms with Crippen molar-refractivity contribution < 1.29 is 13.9 Å². The number of likely N-dealkylation sites (tertiary alicyclic amines) is 1. The Hall–Kier alpha value is -2.14. The van der Waals surface area contributed by atoms with E-state index < -0.39 is 0 Å². The molecule has 0 unspecified atom stereocenters. The fourth-order valence-corrected chi connectivity index (χ4v) is 3.30. The van der Waals surface area contributed by atoms with Gasteiger partial charge in [-0.25, -0.2) is 0 Å². The highest BCUT2D eigenvalue weighted by Crippen LogP contribution is 2.21. The summed E-state index contributed by atoms with van der Waals surface area (Å²) in [6.07, 6.45) is 4.33. The molecule has 24 heavy (non-hydrogen) atoms. The van der Waals surface area contributed by atoms with Crippen LogP contribution < -0.4 is 5.43 Å². The summed E-state index contributed by atoms with van der Waals surface area (Å²) in [7, 11) is 0. The average molecular weight is 329 g/mol. The van der Waals surface area contributed by atoms with Gasteiger partial charge >= 0.3 is 5.97 Å². The van der Waals surface area contributed by atoms with Crippen molar-refractivity contribution in [3.05, 3.63) is 45.8 Å². The van der Waals surface area contributed by atoms with Gasteiger partial charge in [0.1, 0.15) is 11.6 Å². The molecule has 0 saturated carbocycles. The summed E-state index contributed by atoms with van der Waals surface area (Å²) in [4.78, 5) is 27.0. The minimum Gasteiger partial charge on any atom is -0.465 e. The second-order valence-electron chi connectivity index (χ2n) is 6.32. The second kappa shape index (κ2) is 7.18. The lowest BCUT2D eigenvalue weighted by Crippen LogP contribution is -2.45. The topological polar surface area (TPSA) is 59.8 Å². The lowest BCUT2D eigenvalue weighted by atomic mass is 10.0. The zero-order valence-corrected chi connectivity index (χ0v) is 14.2. The van der Waals surface area contributed by atoms with E-state index in [1.807, 2.05) is 36.9 Å². The third kappa shape index (κ3) is 3.36. The molecule has 0 N–H and O–H groups in total. The second-order valence-corrected chi connectivity index (χ2v) is 6.32. The SMILES string of the molecule is CCOC(=O)[C@H]1CCCCN1Cc1coc2ccc(C)cc2c1=O. The molecule has 1 aliphatic rings. The van der Waals surface area contributed by atoms with Crippen molar-refractivity contribution >= 4 is 16.9 Å². The van der Waals surface area contributed by atoms with Gasteiger partial charge in [0, 0.05) is 12.1 Å². The Morgan fingerprint density at radius 1 is 1.38 bits per heavy atom. The molecule has 1 fully saturated rings. The number of benzene rings is 1. The minimum atomic E-state index is -0.272. The molecule has 1 aromatic carbocycles. The van der Waals surface area contributed by atoms with Crippen molar-refractivity contribution in [1.82, 2.24) is 4.90 Å². The zero-order chi connectivity index (χ0) is 17.1. The summed E-state index contributed by atoms with van der Waals surface area (Å²) < 4.78 is 10.8. The van der Waals surface area contributed by atoms with Gasteiger partial charge < -0.3 is 9.15 Å². The van der Waals surface area contributed by atoms with Crippen molar-refractivity contribution in [2.24, 2.45) is 0 Å². The zero-order valence-electron chi connectivity index (χ0n) is 14.2. The Balaban J connectivity index is 1.89. The molecule has 1 aromatic heterocycles. The molecule has 0 amide bonds. The Morgan fingerprint density at radius 2 is 2.21 bits per heavy atom. The summed E-state index contributed by atoms with van der Waals surface area (Å²) in [6, 6.07) is 5.32. The maximum atomic E-state index is 12.8. The van der Waals surface area contributed by atoms with Crippen molar-refractivity contribution in [2.45, 2.75) is 45.7 Å². The molecule has 5 heteroatoms. The van der Waals surface area contributed by atoms with Crippen molar-refractivity contribution in [2.75, 3.05) is 13.2 Å². The molecule has 2 heterocycles. The predicted molar refractivity (Wildman–Crippen MR) is 91.9 cm³/mol. The highest BCUT2D eigenvalue weighted by atomic mass is 16.5. The lowest BCUT2D eigenvalue weighted by molar-refractivity contribution is -0.151. The quantitative estimate of drug-likeness (QED) is 0.807. The number of hydrogen-bond acceptors (Lipinski definition) is 5. The summed E-state index contributed by atoms with van der Waals surface area (Å²) in [5.74, 6) is -0.196. The van der Waals surface area contributed by atoms with Crippen LogP contribution in [-0.2, 0) is 16.1 Å². The number of carbonyl (C=O) groups excluding carboxylic acids is 1. The average Bonchev–Trinajstić information content (AvgIpc) is 2.58. The van der Waals surface area contributed by atoms with E-state index in [0.717, 1.165) is 31.4 Å². The van der Waals surface area contributed by atoms with Gasteiger partial charge in [0.05, 0.1) is 18.3 Å². The summed E-state index contributed by atoms with van der Waals surface area (Å²) in [5.41, 5.74) is 2.18. The standard InChI is InChI=1S/C19H23NO4/c1-3-23-19(22)16-6-4-5-9-20(16)11-14-12-24-17-8-7-13(2)10-15(17)18(14)21/h7-8,10,12,16H,3-6,9,11H2,1-2H3/t16-/m1/s1. The van der Waals surface area contributed by atoms with Gasteiger partial charge in [-0.1, -0.05) is 18.1 Å². The Bertz CT molecular complexity index is 796. The van der Waals surface area contributed by atoms with Crippen LogP contribution in [0, 0.1) is 6.92 Å². The Kier molecular flexibility index (Phi) is 5.00. The summed E-state index contributed by atoms with van der Waals surface area (Å²) in [5, 5.41) is 0.595. The molecular formula is C19H23NO4. The first kappa shape index (κ1) is 16.7.